The van der Waals surface area contributed by atoms with Crippen molar-refractivity contribution >= 4 is 12.0 Å². The van der Waals surface area contributed by atoms with Gasteiger partial charge >= 0.3 is 5.97 Å². The highest BCUT2D eigenvalue weighted by Gasteiger charge is 2.10. The van der Waals surface area contributed by atoms with Gasteiger partial charge in [0, 0.05) is 5.56 Å². The summed E-state index contributed by atoms with van der Waals surface area (Å²) in [6.07, 6.45) is 3.53. The van der Waals surface area contributed by atoms with Crippen LogP contribution in [-0.4, -0.2) is 17.2 Å². The van der Waals surface area contributed by atoms with Crippen molar-refractivity contribution in [1.82, 2.24) is 0 Å². The molecule has 0 spiro atoms. The lowest BCUT2D eigenvalue weighted by molar-refractivity contribution is -0.138. The average Bonchev–Trinajstić information content (AvgIpc) is 2.20. The number of ether oxygens (including phenoxy) is 1. The predicted molar refractivity (Wildman–Crippen MR) is 63.5 cm³/mol. The fourth-order valence-corrected chi connectivity index (χ4v) is 1.41. The first kappa shape index (κ1) is 12.3. The molecule has 0 aliphatic carbocycles. The monoisotopic (exact) mass is 220 g/mol. The number of hydrogen-bond acceptors (Lipinski definition) is 2. The maximum atomic E-state index is 10.5. The van der Waals surface area contributed by atoms with Crippen LogP contribution in [0.15, 0.2) is 30.3 Å². The van der Waals surface area contributed by atoms with E-state index in [1.54, 1.807) is 6.92 Å². The zero-order valence-electron chi connectivity index (χ0n) is 9.51. The van der Waals surface area contributed by atoms with Crippen molar-refractivity contribution in [2.24, 2.45) is 0 Å². The molecule has 0 aliphatic heterocycles. The number of hydrogen-bond donors (Lipinski definition) is 1. The van der Waals surface area contributed by atoms with Crippen LogP contribution in [0.5, 0.6) is 5.75 Å². The normalized spacial score (nSPS) is 12.6. The minimum atomic E-state index is -0.851. The van der Waals surface area contributed by atoms with Crippen LogP contribution < -0.4 is 4.74 Å². The largest absolute Gasteiger partial charge is 0.489 e. The molecule has 3 heteroatoms. The van der Waals surface area contributed by atoms with Crippen LogP contribution in [0.4, 0.5) is 0 Å². The quantitative estimate of drug-likeness (QED) is 0.829. The first-order valence-corrected chi connectivity index (χ1v) is 5.23. The van der Waals surface area contributed by atoms with E-state index in [0.29, 0.717) is 5.75 Å². The molecular formula is C13H16O3. The maximum Gasteiger partial charge on any atom is 0.307 e. The van der Waals surface area contributed by atoms with Crippen LogP contribution >= 0.6 is 0 Å². The molecule has 0 unspecified atom stereocenters. The van der Waals surface area contributed by atoms with Gasteiger partial charge < -0.3 is 9.84 Å². The minimum absolute atomic E-state index is 0.00414. The van der Waals surface area contributed by atoms with Crippen molar-refractivity contribution in [2.45, 2.75) is 26.4 Å². The fraction of sp³-hybridized carbons (Fsp3) is 0.308. The molecule has 0 bridgehead atoms. The summed E-state index contributed by atoms with van der Waals surface area (Å²) in [5, 5.41) is 8.64. The van der Waals surface area contributed by atoms with Gasteiger partial charge in [0.2, 0.25) is 0 Å². The first-order valence-electron chi connectivity index (χ1n) is 5.23. The van der Waals surface area contributed by atoms with Crippen LogP contribution in [0, 0.1) is 0 Å². The zero-order valence-corrected chi connectivity index (χ0v) is 9.51. The molecule has 1 aromatic carbocycles. The lowest BCUT2D eigenvalue weighted by Crippen LogP contribution is -2.16. The Morgan fingerprint density at radius 1 is 1.50 bits per heavy atom. The van der Waals surface area contributed by atoms with E-state index in [2.05, 4.69) is 0 Å². The Bertz CT molecular complexity index is 383. The van der Waals surface area contributed by atoms with E-state index in [0.717, 1.165) is 5.56 Å². The van der Waals surface area contributed by atoms with Gasteiger partial charge in [-0.2, -0.15) is 0 Å². The van der Waals surface area contributed by atoms with Gasteiger partial charge in [0.15, 0.2) is 0 Å². The Kier molecular flexibility index (Phi) is 4.58. The van der Waals surface area contributed by atoms with Crippen LogP contribution in [0.3, 0.4) is 0 Å². The van der Waals surface area contributed by atoms with Crippen molar-refractivity contribution in [3.8, 4) is 5.75 Å². The van der Waals surface area contributed by atoms with Gasteiger partial charge in [-0.15, -0.1) is 0 Å². The third kappa shape index (κ3) is 3.77. The summed E-state index contributed by atoms with van der Waals surface area (Å²) in [6.45, 7) is 3.68. The van der Waals surface area contributed by atoms with Gasteiger partial charge in [-0.05, 0) is 19.9 Å². The van der Waals surface area contributed by atoms with Gasteiger partial charge in [0.1, 0.15) is 11.9 Å². The Labute approximate surface area is 95.4 Å². The Hall–Kier alpha value is -1.77. The predicted octanol–water partition coefficient (Wildman–Crippen LogP) is 2.96. The Balaban J connectivity index is 2.76. The second-order valence-corrected chi connectivity index (χ2v) is 3.56. The van der Waals surface area contributed by atoms with E-state index in [9.17, 15) is 4.79 Å². The second kappa shape index (κ2) is 5.95. The van der Waals surface area contributed by atoms with E-state index >= 15 is 0 Å². The summed E-state index contributed by atoms with van der Waals surface area (Å²) in [7, 11) is 0. The van der Waals surface area contributed by atoms with Crippen molar-refractivity contribution in [1.29, 1.82) is 0 Å². The molecule has 16 heavy (non-hydrogen) atoms. The number of rotatable bonds is 5. The van der Waals surface area contributed by atoms with Crippen LogP contribution in [-0.2, 0) is 4.79 Å². The third-order valence-corrected chi connectivity index (χ3v) is 2.06. The molecule has 86 valence electrons. The lowest BCUT2D eigenvalue weighted by atomic mass is 10.2. The zero-order chi connectivity index (χ0) is 12.0. The molecule has 0 fully saturated rings. The van der Waals surface area contributed by atoms with E-state index in [-0.39, 0.29) is 12.5 Å². The molecule has 0 saturated heterocycles. The summed E-state index contributed by atoms with van der Waals surface area (Å²) < 4.78 is 5.58. The number of carboxylic acid groups (broad SMARTS) is 1. The summed E-state index contributed by atoms with van der Waals surface area (Å²) in [6, 6.07) is 7.57. The van der Waals surface area contributed by atoms with E-state index < -0.39 is 5.97 Å². The van der Waals surface area contributed by atoms with Crippen molar-refractivity contribution in [3.63, 3.8) is 0 Å². The average molecular weight is 220 g/mol. The smallest absolute Gasteiger partial charge is 0.307 e. The molecule has 0 aliphatic rings. The van der Waals surface area contributed by atoms with Crippen molar-refractivity contribution in [2.75, 3.05) is 0 Å². The molecule has 1 rings (SSSR count). The first-order chi connectivity index (χ1) is 7.63. The van der Waals surface area contributed by atoms with Crippen molar-refractivity contribution in [3.05, 3.63) is 35.9 Å². The van der Waals surface area contributed by atoms with Gasteiger partial charge in [-0.25, -0.2) is 0 Å². The highest BCUT2D eigenvalue weighted by Crippen LogP contribution is 2.21. The highest BCUT2D eigenvalue weighted by atomic mass is 16.5. The lowest BCUT2D eigenvalue weighted by Gasteiger charge is -2.14. The molecule has 1 aromatic rings. The molecule has 0 aromatic heterocycles. The highest BCUT2D eigenvalue weighted by molar-refractivity contribution is 5.67. The summed E-state index contributed by atoms with van der Waals surface area (Å²) in [4.78, 5) is 10.5. The number of carbonyl (C=O) groups is 1. The molecule has 1 atom stereocenters. The molecule has 0 saturated carbocycles. The molecular weight excluding hydrogens is 204 g/mol. The van der Waals surface area contributed by atoms with Gasteiger partial charge in [-0.3, -0.25) is 4.79 Å². The summed E-state index contributed by atoms with van der Waals surface area (Å²) in [5.41, 5.74) is 0.960. The number of para-hydroxylation sites is 1. The number of aliphatic carboxylic acids is 1. The van der Waals surface area contributed by atoms with Crippen LogP contribution in [0.1, 0.15) is 25.8 Å². The minimum Gasteiger partial charge on any atom is -0.489 e. The Morgan fingerprint density at radius 3 is 2.81 bits per heavy atom. The molecule has 0 amide bonds. The molecule has 1 N–H and O–H groups in total. The van der Waals surface area contributed by atoms with Gasteiger partial charge in [-0.1, -0.05) is 30.4 Å². The van der Waals surface area contributed by atoms with Gasteiger partial charge in [0.05, 0.1) is 6.42 Å². The molecule has 0 heterocycles. The molecule has 3 nitrogen and oxygen atoms in total. The van der Waals surface area contributed by atoms with E-state index in [1.807, 2.05) is 43.3 Å². The number of benzene rings is 1. The van der Waals surface area contributed by atoms with Crippen LogP contribution in [0.2, 0.25) is 0 Å². The maximum absolute atomic E-state index is 10.5. The third-order valence-electron chi connectivity index (χ3n) is 2.06. The van der Waals surface area contributed by atoms with Crippen molar-refractivity contribution < 1.29 is 14.6 Å². The van der Waals surface area contributed by atoms with Gasteiger partial charge in [0.25, 0.3) is 0 Å². The SMILES string of the molecule is C/C=C/c1ccccc1O[C@H](C)CC(=O)O. The second-order valence-electron chi connectivity index (χ2n) is 3.56. The Morgan fingerprint density at radius 2 is 2.19 bits per heavy atom. The standard InChI is InChI=1S/C13H16O3/c1-3-6-11-7-4-5-8-12(11)16-10(2)9-13(14)15/h3-8,10H,9H2,1-2H3,(H,14,15)/b6-3+/t10-/m1/s1. The van der Waals surface area contributed by atoms with Crippen LogP contribution in [0.25, 0.3) is 6.08 Å². The molecule has 0 radical (unpaired) electrons. The number of allylic oxidation sites excluding steroid dienone is 1. The summed E-state index contributed by atoms with van der Waals surface area (Å²) >= 11 is 0. The number of carboxylic acids is 1. The fourth-order valence-electron chi connectivity index (χ4n) is 1.41. The van der Waals surface area contributed by atoms with E-state index in [1.165, 1.54) is 0 Å². The summed E-state index contributed by atoms with van der Waals surface area (Å²) in [5.74, 6) is -0.134. The topological polar surface area (TPSA) is 46.5 Å². The van der Waals surface area contributed by atoms with E-state index in [4.69, 9.17) is 9.84 Å².